The Kier molecular flexibility index (Phi) is 5.70. The summed E-state index contributed by atoms with van der Waals surface area (Å²) in [6.45, 7) is 0.246. The zero-order valence-electron chi connectivity index (χ0n) is 16.5. The smallest absolute Gasteiger partial charge is 0.252 e. The molecule has 5 heteroatoms. The summed E-state index contributed by atoms with van der Waals surface area (Å²) in [5, 5.41) is 3.12. The average molecular weight is 398 g/mol. The monoisotopic (exact) mass is 398 g/mol. The van der Waals surface area contributed by atoms with E-state index in [1.807, 2.05) is 60.7 Å². The molecule has 0 aromatic heterocycles. The van der Waals surface area contributed by atoms with Crippen LogP contribution in [0.1, 0.15) is 45.9 Å². The fraction of sp³-hybridized carbons (Fsp3) is 0.160. The number of benzene rings is 3. The minimum absolute atomic E-state index is 0.143. The first-order chi connectivity index (χ1) is 14.6. The lowest BCUT2D eigenvalue weighted by Crippen LogP contribution is -2.29. The summed E-state index contributed by atoms with van der Waals surface area (Å²) < 4.78 is 0. The third kappa shape index (κ3) is 4.30. The molecule has 0 unspecified atom stereocenters. The second-order valence-electron chi connectivity index (χ2n) is 7.30. The van der Waals surface area contributed by atoms with Gasteiger partial charge in [-0.3, -0.25) is 19.3 Å². The predicted octanol–water partition coefficient (Wildman–Crippen LogP) is 3.86. The third-order valence-corrected chi connectivity index (χ3v) is 5.25. The van der Waals surface area contributed by atoms with E-state index in [0.29, 0.717) is 5.56 Å². The first kappa shape index (κ1) is 19.6. The molecule has 0 bridgehead atoms. The Morgan fingerprint density at radius 3 is 1.77 bits per heavy atom. The highest BCUT2D eigenvalue weighted by Gasteiger charge is 2.28. The van der Waals surface area contributed by atoms with Crippen LogP contribution in [0.4, 0.5) is 0 Å². The number of carbonyl (C=O) groups is 3. The molecule has 0 radical (unpaired) electrons. The maximum Gasteiger partial charge on any atom is 0.252 e. The molecular formula is C25H22N2O3. The number of imide groups is 1. The van der Waals surface area contributed by atoms with Crippen molar-refractivity contribution in [2.45, 2.75) is 25.4 Å². The lowest BCUT2D eigenvalue weighted by Gasteiger charge is -2.20. The third-order valence-electron chi connectivity index (χ3n) is 5.25. The largest absolute Gasteiger partial charge is 0.341 e. The van der Waals surface area contributed by atoms with E-state index in [1.54, 1.807) is 24.3 Å². The van der Waals surface area contributed by atoms with Crippen molar-refractivity contribution in [2.24, 2.45) is 0 Å². The molecular weight excluding hydrogens is 376 g/mol. The highest BCUT2D eigenvalue weighted by Crippen LogP contribution is 2.22. The van der Waals surface area contributed by atoms with Gasteiger partial charge < -0.3 is 5.32 Å². The highest BCUT2D eigenvalue weighted by molar-refractivity contribution is 6.01. The number of hydrogen-bond acceptors (Lipinski definition) is 3. The first-order valence-electron chi connectivity index (χ1n) is 9.95. The van der Waals surface area contributed by atoms with Gasteiger partial charge in [-0.15, -0.1) is 0 Å². The molecule has 1 N–H and O–H groups in total. The van der Waals surface area contributed by atoms with E-state index in [-0.39, 0.29) is 43.1 Å². The summed E-state index contributed by atoms with van der Waals surface area (Å²) in [6, 6.07) is 26.4. The Morgan fingerprint density at radius 1 is 0.767 bits per heavy atom. The van der Waals surface area contributed by atoms with Gasteiger partial charge in [-0.25, -0.2) is 0 Å². The maximum atomic E-state index is 12.9. The Balaban J connectivity index is 1.50. The normalized spacial score (nSPS) is 13.7. The zero-order valence-corrected chi connectivity index (χ0v) is 16.5. The van der Waals surface area contributed by atoms with Gasteiger partial charge in [0.05, 0.1) is 12.6 Å². The van der Waals surface area contributed by atoms with Gasteiger partial charge >= 0.3 is 0 Å². The quantitative estimate of drug-likeness (QED) is 0.642. The van der Waals surface area contributed by atoms with Crippen molar-refractivity contribution < 1.29 is 14.4 Å². The number of rotatable bonds is 6. The summed E-state index contributed by atoms with van der Waals surface area (Å²) >= 11 is 0. The van der Waals surface area contributed by atoms with Gasteiger partial charge in [0.1, 0.15) is 0 Å². The van der Waals surface area contributed by atoms with Crippen molar-refractivity contribution in [3.63, 3.8) is 0 Å². The molecule has 3 aromatic carbocycles. The topological polar surface area (TPSA) is 66.5 Å². The molecule has 1 aliphatic heterocycles. The van der Waals surface area contributed by atoms with Crippen LogP contribution in [0.25, 0.3) is 0 Å². The van der Waals surface area contributed by atoms with Crippen molar-refractivity contribution in [3.05, 3.63) is 107 Å². The average Bonchev–Trinajstić information content (AvgIpc) is 3.11. The molecule has 0 saturated carbocycles. The first-order valence-corrected chi connectivity index (χ1v) is 9.95. The van der Waals surface area contributed by atoms with Crippen LogP contribution >= 0.6 is 0 Å². The molecule has 1 aliphatic rings. The fourth-order valence-corrected chi connectivity index (χ4v) is 3.61. The van der Waals surface area contributed by atoms with Crippen molar-refractivity contribution >= 4 is 17.7 Å². The van der Waals surface area contributed by atoms with E-state index in [1.165, 1.54) is 4.90 Å². The van der Waals surface area contributed by atoms with Gasteiger partial charge in [-0.05, 0) is 28.8 Å². The zero-order chi connectivity index (χ0) is 20.9. The minimum Gasteiger partial charge on any atom is -0.341 e. The van der Waals surface area contributed by atoms with Crippen molar-refractivity contribution in [2.75, 3.05) is 0 Å². The van der Waals surface area contributed by atoms with E-state index < -0.39 is 0 Å². The molecule has 0 atom stereocenters. The second kappa shape index (κ2) is 8.74. The number of nitrogens with one attached hydrogen (secondary N) is 1. The number of likely N-dealkylation sites (tertiary alicyclic amines) is 1. The van der Waals surface area contributed by atoms with Gasteiger partial charge in [-0.2, -0.15) is 0 Å². The minimum atomic E-state index is -0.264. The van der Waals surface area contributed by atoms with Crippen LogP contribution in [0, 0.1) is 0 Å². The summed E-state index contributed by atoms with van der Waals surface area (Å²) in [5.74, 6) is -0.474. The molecule has 0 spiro atoms. The molecule has 1 heterocycles. The Morgan fingerprint density at radius 2 is 1.27 bits per heavy atom. The van der Waals surface area contributed by atoms with E-state index in [4.69, 9.17) is 0 Å². The Bertz CT molecular complexity index is 991. The summed E-state index contributed by atoms with van der Waals surface area (Å²) in [4.78, 5) is 37.8. The Hall–Kier alpha value is -3.73. The molecule has 0 aliphatic carbocycles. The van der Waals surface area contributed by atoms with E-state index in [2.05, 4.69) is 5.32 Å². The molecule has 4 rings (SSSR count). The Labute approximate surface area is 175 Å². The van der Waals surface area contributed by atoms with Gasteiger partial charge in [0.2, 0.25) is 11.8 Å². The number of carbonyl (C=O) groups excluding carboxylic acids is 3. The number of nitrogens with zero attached hydrogens (tertiary/aromatic N) is 1. The SMILES string of the molecule is O=C(NC(c1ccccc1)c1ccccc1)c1ccc(CN2C(=O)CCC2=O)cc1. The van der Waals surface area contributed by atoms with E-state index in [9.17, 15) is 14.4 Å². The van der Waals surface area contributed by atoms with Gasteiger partial charge in [0.25, 0.3) is 5.91 Å². The molecule has 30 heavy (non-hydrogen) atoms. The summed E-state index contributed by atoms with van der Waals surface area (Å²) in [5.41, 5.74) is 3.34. The molecule has 1 fully saturated rings. The van der Waals surface area contributed by atoms with E-state index >= 15 is 0 Å². The number of amides is 3. The summed E-state index contributed by atoms with van der Waals surface area (Å²) in [7, 11) is 0. The standard InChI is InChI=1S/C25H22N2O3/c28-22-15-16-23(29)27(22)17-18-11-13-21(14-12-18)25(30)26-24(19-7-3-1-4-8-19)20-9-5-2-6-10-20/h1-14,24H,15-17H2,(H,26,30). The van der Waals surface area contributed by atoms with Crippen LogP contribution in [0.3, 0.4) is 0 Å². The molecule has 1 saturated heterocycles. The van der Waals surface area contributed by atoms with Crippen molar-refractivity contribution in [1.29, 1.82) is 0 Å². The predicted molar refractivity (Wildman–Crippen MR) is 113 cm³/mol. The van der Waals surface area contributed by atoms with Gasteiger partial charge in [0.15, 0.2) is 0 Å². The van der Waals surface area contributed by atoms with Crippen LogP contribution < -0.4 is 5.32 Å². The molecule has 3 aromatic rings. The van der Waals surface area contributed by atoms with Crippen LogP contribution in [-0.4, -0.2) is 22.6 Å². The highest BCUT2D eigenvalue weighted by atomic mass is 16.2. The lowest BCUT2D eigenvalue weighted by molar-refractivity contribution is -0.139. The van der Waals surface area contributed by atoms with E-state index in [0.717, 1.165) is 16.7 Å². The fourth-order valence-electron chi connectivity index (χ4n) is 3.61. The maximum absolute atomic E-state index is 12.9. The van der Waals surface area contributed by atoms with Crippen LogP contribution in [0.2, 0.25) is 0 Å². The van der Waals surface area contributed by atoms with Crippen LogP contribution in [0.15, 0.2) is 84.9 Å². The van der Waals surface area contributed by atoms with Gasteiger partial charge in [0, 0.05) is 18.4 Å². The molecule has 150 valence electrons. The van der Waals surface area contributed by atoms with Crippen molar-refractivity contribution in [3.8, 4) is 0 Å². The molecule has 3 amide bonds. The number of hydrogen-bond donors (Lipinski definition) is 1. The lowest BCUT2D eigenvalue weighted by atomic mass is 9.98. The van der Waals surface area contributed by atoms with Gasteiger partial charge in [-0.1, -0.05) is 72.8 Å². The van der Waals surface area contributed by atoms with Crippen molar-refractivity contribution in [1.82, 2.24) is 10.2 Å². The molecule has 5 nitrogen and oxygen atoms in total. The summed E-state index contributed by atoms with van der Waals surface area (Å²) in [6.07, 6.45) is 0.555. The second-order valence-corrected chi connectivity index (χ2v) is 7.30. The van der Waals surface area contributed by atoms with Crippen LogP contribution in [-0.2, 0) is 16.1 Å². The van der Waals surface area contributed by atoms with Crippen LogP contribution in [0.5, 0.6) is 0 Å².